The largest absolute Gasteiger partial charge is 0.361 e. The first-order chi connectivity index (χ1) is 10.5. The van der Waals surface area contributed by atoms with Gasteiger partial charge < -0.3 is 9.42 Å². The minimum Gasteiger partial charge on any atom is -0.361 e. The van der Waals surface area contributed by atoms with Crippen LogP contribution in [0.1, 0.15) is 34.7 Å². The summed E-state index contributed by atoms with van der Waals surface area (Å²) in [6.07, 6.45) is 0.522. The maximum atomic E-state index is 15.1. The van der Waals surface area contributed by atoms with E-state index in [1.54, 1.807) is 42.2 Å². The Balaban J connectivity index is 1.69. The fourth-order valence-corrected chi connectivity index (χ4v) is 2.86. The number of aryl methyl sites for hydroxylation is 1. The number of hydrogen-bond acceptors (Lipinski definition) is 3. The van der Waals surface area contributed by atoms with E-state index in [0.29, 0.717) is 29.4 Å². The minimum absolute atomic E-state index is 0.213. The molecule has 0 unspecified atom stereocenters. The SMILES string of the molecule is Cc1cc(C(=O)N2CCC(F)(c3ccc(Cl)cc3)CC2)no1. The summed E-state index contributed by atoms with van der Waals surface area (Å²) < 4.78 is 20.0. The van der Waals surface area contributed by atoms with Gasteiger partial charge in [-0.2, -0.15) is 0 Å². The fourth-order valence-electron chi connectivity index (χ4n) is 2.73. The second kappa shape index (κ2) is 5.72. The maximum Gasteiger partial charge on any atom is 0.276 e. The molecular formula is C16H16ClFN2O2. The Morgan fingerprint density at radius 1 is 1.32 bits per heavy atom. The molecule has 0 aliphatic carbocycles. The zero-order valence-corrected chi connectivity index (χ0v) is 12.9. The number of halogens is 2. The smallest absolute Gasteiger partial charge is 0.276 e. The molecule has 22 heavy (non-hydrogen) atoms. The zero-order valence-electron chi connectivity index (χ0n) is 12.2. The van der Waals surface area contributed by atoms with Crippen molar-refractivity contribution in [3.8, 4) is 0 Å². The molecule has 1 amide bonds. The molecule has 1 aliphatic heterocycles. The van der Waals surface area contributed by atoms with Gasteiger partial charge in [0.1, 0.15) is 11.4 Å². The van der Waals surface area contributed by atoms with Gasteiger partial charge in [0.05, 0.1) is 0 Å². The van der Waals surface area contributed by atoms with Crippen molar-refractivity contribution in [3.05, 3.63) is 52.4 Å². The van der Waals surface area contributed by atoms with Gasteiger partial charge in [-0.05, 0) is 24.6 Å². The Morgan fingerprint density at radius 2 is 1.95 bits per heavy atom. The van der Waals surface area contributed by atoms with E-state index in [4.69, 9.17) is 16.1 Å². The summed E-state index contributed by atoms with van der Waals surface area (Å²) in [5, 5.41) is 4.31. The topological polar surface area (TPSA) is 46.3 Å². The number of benzene rings is 1. The van der Waals surface area contributed by atoms with Gasteiger partial charge in [-0.1, -0.05) is 28.9 Å². The van der Waals surface area contributed by atoms with Gasteiger partial charge in [-0.25, -0.2) is 4.39 Å². The molecule has 3 rings (SSSR count). The second-order valence-corrected chi connectivity index (χ2v) is 6.02. The monoisotopic (exact) mass is 322 g/mol. The Morgan fingerprint density at radius 3 is 2.50 bits per heavy atom. The lowest BCUT2D eigenvalue weighted by Gasteiger charge is -2.36. The lowest BCUT2D eigenvalue weighted by atomic mass is 9.86. The second-order valence-electron chi connectivity index (χ2n) is 5.59. The Hall–Kier alpha value is -1.88. The first-order valence-electron chi connectivity index (χ1n) is 7.15. The summed E-state index contributed by atoms with van der Waals surface area (Å²) in [5.41, 5.74) is -0.530. The summed E-state index contributed by atoms with van der Waals surface area (Å²) >= 11 is 5.84. The van der Waals surface area contributed by atoms with Crippen LogP contribution in [0.15, 0.2) is 34.9 Å². The molecule has 1 aromatic heterocycles. The number of carbonyl (C=O) groups excluding carboxylic acids is 1. The molecule has 2 aromatic rings. The number of amides is 1. The van der Waals surface area contributed by atoms with Gasteiger partial charge in [-0.3, -0.25) is 4.79 Å². The predicted octanol–water partition coefficient (Wildman–Crippen LogP) is 3.74. The molecule has 1 aliphatic rings. The van der Waals surface area contributed by atoms with Crippen LogP contribution in [-0.4, -0.2) is 29.1 Å². The van der Waals surface area contributed by atoms with E-state index in [1.165, 1.54) is 0 Å². The van der Waals surface area contributed by atoms with Crippen LogP contribution in [0.3, 0.4) is 0 Å². The molecule has 1 saturated heterocycles. The number of likely N-dealkylation sites (tertiary alicyclic amines) is 1. The molecule has 0 bridgehead atoms. The molecule has 2 heterocycles. The van der Waals surface area contributed by atoms with Crippen molar-refractivity contribution in [2.24, 2.45) is 0 Å². The predicted molar refractivity (Wildman–Crippen MR) is 80.6 cm³/mol. The van der Waals surface area contributed by atoms with E-state index >= 15 is 4.39 Å². The molecule has 4 nitrogen and oxygen atoms in total. The highest BCUT2D eigenvalue weighted by Gasteiger charge is 2.38. The summed E-state index contributed by atoms with van der Waals surface area (Å²) in [4.78, 5) is 13.9. The number of piperidine rings is 1. The molecule has 0 radical (unpaired) electrons. The number of carbonyl (C=O) groups is 1. The van der Waals surface area contributed by atoms with Crippen molar-refractivity contribution in [2.75, 3.05) is 13.1 Å². The Labute approximate surface area is 132 Å². The molecular weight excluding hydrogens is 307 g/mol. The van der Waals surface area contributed by atoms with Crippen molar-refractivity contribution in [1.82, 2.24) is 10.1 Å². The number of alkyl halides is 1. The van der Waals surface area contributed by atoms with Gasteiger partial charge in [-0.15, -0.1) is 0 Å². The lowest BCUT2D eigenvalue weighted by Crippen LogP contribution is -2.43. The van der Waals surface area contributed by atoms with Crippen LogP contribution in [0.4, 0.5) is 4.39 Å². The summed E-state index contributed by atoms with van der Waals surface area (Å²) in [5.74, 6) is 0.372. The molecule has 0 N–H and O–H groups in total. The highest BCUT2D eigenvalue weighted by atomic mass is 35.5. The number of hydrogen-bond donors (Lipinski definition) is 0. The standard InChI is InChI=1S/C16H16ClFN2O2/c1-11-10-14(19-22-11)15(21)20-8-6-16(18,7-9-20)12-2-4-13(17)5-3-12/h2-5,10H,6-9H2,1H3. The van der Waals surface area contributed by atoms with Crippen molar-refractivity contribution < 1.29 is 13.7 Å². The highest BCUT2D eigenvalue weighted by molar-refractivity contribution is 6.30. The molecule has 0 saturated carbocycles. The van der Waals surface area contributed by atoms with Crippen LogP contribution < -0.4 is 0 Å². The van der Waals surface area contributed by atoms with Gasteiger partial charge in [0.2, 0.25) is 0 Å². The van der Waals surface area contributed by atoms with E-state index in [2.05, 4.69) is 5.16 Å². The first-order valence-corrected chi connectivity index (χ1v) is 7.53. The molecule has 0 spiro atoms. The van der Waals surface area contributed by atoms with Crippen LogP contribution in [-0.2, 0) is 5.67 Å². The van der Waals surface area contributed by atoms with Gasteiger partial charge in [0.25, 0.3) is 5.91 Å². The van der Waals surface area contributed by atoms with Crippen LogP contribution in [0.25, 0.3) is 0 Å². The average molecular weight is 323 g/mol. The number of rotatable bonds is 2. The van der Waals surface area contributed by atoms with E-state index in [9.17, 15) is 4.79 Å². The molecule has 1 aromatic carbocycles. The molecule has 0 atom stereocenters. The van der Waals surface area contributed by atoms with Gasteiger partial charge >= 0.3 is 0 Å². The van der Waals surface area contributed by atoms with Gasteiger partial charge in [0, 0.05) is 37.0 Å². The highest BCUT2D eigenvalue weighted by Crippen LogP contribution is 2.37. The Bertz CT molecular complexity index is 676. The van der Waals surface area contributed by atoms with Crippen LogP contribution >= 0.6 is 11.6 Å². The maximum absolute atomic E-state index is 15.1. The zero-order chi connectivity index (χ0) is 15.7. The molecule has 1 fully saturated rings. The van der Waals surface area contributed by atoms with Crippen LogP contribution in [0.2, 0.25) is 5.02 Å². The summed E-state index contributed by atoms with van der Waals surface area (Å²) in [6, 6.07) is 8.39. The van der Waals surface area contributed by atoms with E-state index < -0.39 is 5.67 Å². The van der Waals surface area contributed by atoms with Crippen LogP contribution in [0, 0.1) is 6.92 Å². The summed E-state index contributed by atoms with van der Waals surface area (Å²) in [7, 11) is 0. The first kappa shape index (κ1) is 15.0. The molecule has 6 heteroatoms. The lowest BCUT2D eigenvalue weighted by molar-refractivity contribution is 0.0414. The fraction of sp³-hybridized carbons (Fsp3) is 0.375. The van der Waals surface area contributed by atoms with E-state index in [1.807, 2.05) is 0 Å². The normalized spacial score (nSPS) is 17.5. The van der Waals surface area contributed by atoms with Crippen molar-refractivity contribution in [2.45, 2.75) is 25.4 Å². The molecule has 116 valence electrons. The van der Waals surface area contributed by atoms with Crippen LogP contribution in [0.5, 0.6) is 0 Å². The quantitative estimate of drug-likeness (QED) is 0.846. The summed E-state index contributed by atoms with van der Waals surface area (Å²) in [6.45, 7) is 2.43. The van der Waals surface area contributed by atoms with Crippen molar-refractivity contribution in [1.29, 1.82) is 0 Å². The van der Waals surface area contributed by atoms with Gasteiger partial charge in [0.15, 0.2) is 5.69 Å². The van der Waals surface area contributed by atoms with Crippen molar-refractivity contribution in [3.63, 3.8) is 0 Å². The number of aromatic nitrogens is 1. The third-order valence-corrected chi connectivity index (χ3v) is 4.30. The number of nitrogens with zero attached hydrogens (tertiary/aromatic N) is 2. The van der Waals surface area contributed by atoms with E-state index in [-0.39, 0.29) is 24.4 Å². The van der Waals surface area contributed by atoms with E-state index in [0.717, 1.165) is 0 Å². The minimum atomic E-state index is -1.42. The average Bonchev–Trinajstić information content (AvgIpc) is 2.94. The third kappa shape index (κ3) is 2.86. The van der Waals surface area contributed by atoms with Crippen molar-refractivity contribution >= 4 is 17.5 Å². The third-order valence-electron chi connectivity index (χ3n) is 4.05. The Kier molecular flexibility index (Phi) is 3.91.